The fourth-order valence-corrected chi connectivity index (χ4v) is 1.77. The molecule has 15 heavy (non-hydrogen) atoms. The fraction of sp³-hybridized carbons (Fsp3) is 1.00. The van der Waals surface area contributed by atoms with Crippen molar-refractivity contribution in [3.63, 3.8) is 0 Å². The first-order chi connectivity index (χ1) is 7.00. The van der Waals surface area contributed by atoms with Gasteiger partial charge in [-0.25, -0.2) is 0 Å². The third-order valence-corrected chi connectivity index (χ3v) is 3.14. The molecular formula is C13H29NO. The van der Waals surface area contributed by atoms with Crippen LogP contribution in [0.2, 0.25) is 0 Å². The van der Waals surface area contributed by atoms with Crippen molar-refractivity contribution in [2.75, 3.05) is 7.05 Å². The fourth-order valence-electron chi connectivity index (χ4n) is 1.77. The molecule has 2 unspecified atom stereocenters. The molecule has 0 spiro atoms. The van der Waals surface area contributed by atoms with E-state index in [0.29, 0.717) is 12.1 Å². The summed E-state index contributed by atoms with van der Waals surface area (Å²) >= 11 is 0. The number of likely N-dealkylation sites (N-methyl/N-ethyl adjacent to an activating group) is 1. The number of hydrogen-bond donors (Lipinski definition) is 1. The van der Waals surface area contributed by atoms with Crippen molar-refractivity contribution in [3.05, 3.63) is 0 Å². The molecule has 0 amide bonds. The van der Waals surface area contributed by atoms with Gasteiger partial charge in [0.25, 0.3) is 0 Å². The third-order valence-electron chi connectivity index (χ3n) is 3.14. The lowest BCUT2D eigenvalue weighted by Gasteiger charge is -2.34. The minimum absolute atomic E-state index is 0.00349. The standard InChI is InChI=1S/C13H29NO/c1-7-10-11(14-6)12(8-2)15-13(4,5)9-3/h11-12,14H,7-10H2,1-6H3. The zero-order valence-electron chi connectivity index (χ0n) is 11.4. The van der Waals surface area contributed by atoms with Gasteiger partial charge in [-0.15, -0.1) is 0 Å². The van der Waals surface area contributed by atoms with Crippen LogP contribution in [-0.4, -0.2) is 24.8 Å². The third kappa shape index (κ3) is 5.53. The molecule has 0 aromatic heterocycles. The minimum Gasteiger partial charge on any atom is -0.371 e. The van der Waals surface area contributed by atoms with Crippen LogP contribution in [0.1, 0.15) is 60.3 Å². The Labute approximate surface area is 95.8 Å². The smallest absolute Gasteiger partial charge is 0.0732 e. The Kier molecular flexibility index (Phi) is 7.20. The van der Waals surface area contributed by atoms with Gasteiger partial charge in [0, 0.05) is 6.04 Å². The summed E-state index contributed by atoms with van der Waals surface area (Å²) in [7, 11) is 2.03. The Morgan fingerprint density at radius 3 is 2.13 bits per heavy atom. The summed E-state index contributed by atoms with van der Waals surface area (Å²) in [6.45, 7) is 11.0. The van der Waals surface area contributed by atoms with E-state index < -0.39 is 0 Å². The van der Waals surface area contributed by atoms with Crippen LogP contribution in [0.5, 0.6) is 0 Å². The molecule has 0 fully saturated rings. The summed E-state index contributed by atoms with van der Waals surface area (Å²) in [4.78, 5) is 0. The van der Waals surface area contributed by atoms with Gasteiger partial charge in [0.2, 0.25) is 0 Å². The molecule has 0 aromatic carbocycles. The van der Waals surface area contributed by atoms with Crippen LogP contribution in [0.4, 0.5) is 0 Å². The minimum atomic E-state index is 0.00349. The van der Waals surface area contributed by atoms with Gasteiger partial charge in [0.05, 0.1) is 11.7 Å². The summed E-state index contributed by atoms with van der Waals surface area (Å²) in [5.74, 6) is 0. The highest BCUT2D eigenvalue weighted by atomic mass is 16.5. The van der Waals surface area contributed by atoms with Crippen LogP contribution >= 0.6 is 0 Å². The molecule has 0 aliphatic rings. The molecule has 0 rings (SSSR count). The Morgan fingerprint density at radius 2 is 1.80 bits per heavy atom. The normalized spacial score (nSPS) is 16.4. The molecule has 92 valence electrons. The van der Waals surface area contributed by atoms with E-state index in [1.54, 1.807) is 0 Å². The van der Waals surface area contributed by atoms with E-state index in [9.17, 15) is 0 Å². The second-order valence-corrected chi connectivity index (χ2v) is 4.86. The summed E-state index contributed by atoms with van der Waals surface area (Å²) in [5, 5.41) is 3.38. The van der Waals surface area contributed by atoms with Gasteiger partial charge < -0.3 is 10.1 Å². The molecule has 1 N–H and O–H groups in total. The van der Waals surface area contributed by atoms with Crippen molar-refractivity contribution in [3.8, 4) is 0 Å². The van der Waals surface area contributed by atoms with E-state index in [1.165, 1.54) is 12.8 Å². The van der Waals surface area contributed by atoms with Crippen LogP contribution < -0.4 is 5.32 Å². The molecule has 0 saturated heterocycles. The summed E-state index contributed by atoms with van der Waals surface area (Å²) in [5.41, 5.74) is 0.00349. The second kappa shape index (κ2) is 7.24. The first-order valence-corrected chi connectivity index (χ1v) is 6.35. The predicted molar refractivity (Wildman–Crippen MR) is 67.3 cm³/mol. The number of nitrogens with one attached hydrogen (secondary N) is 1. The summed E-state index contributed by atoms with van der Waals surface area (Å²) in [6.07, 6.45) is 4.87. The quantitative estimate of drug-likeness (QED) is 0.670. The van der Waals surface area contributed by atoms with Gasteiger partial charge in [-0.1, -0.05) is 27.2 Å². The van der Waals surface area contributed by atoms with Crippen molar-refractivity contribution in [2.24, 2.45) is 0 Å². The van der Waals surface area contributed by atoms with Crippen LogP contribution in [0, 0.1) is 0 Å². The number of rotatable bonds is 8. The SMILES string of the molecule is CCCC(NC)C(CC)OC(C)(C)CC. The van der Waals surface area contributed by atoms with Crippen molar-refractivity contribution in [1.82, 2.24) is 5.32 Å². The Hall–Kier alpha value is -0.0800. The highest BCUT2D eigenvalue weighted by Crippen LogP contribution is 2.21. The zero-order valence-corrected chi connectivity index (χ0v) is 11.4. The van der Waals surface area contributed by atoms with Gasteiger partial charge >= 0.3 is 0 Å². The highest BCUT2D eigenvalue weighted by molar-refractivity contribution is 4.78. The maximum atomic E-state index is 6.18. The van der Waals surface area contributed by atoms with Crippen LogP contribution in [0.15, 0.2) is 0 Å². The van der Waals surface area contributed by atoms with Crippen molar-refractivity contribution >= 4 is 0 Å². The van der Waals surface area contributed by atoms with Crippen LogP contribution in [0.3, 0.4) is 0 Å². The number of ether oxygens (including phenoxy) is 1. The molecular weight excluding hydrogens is 186 g/mol. The molecule has 0 heterocycles. The van der Waals surface area contributed by atoms with Crippen molar-refractivity contribution in [1.29, 1.82) is 0 Å². The first-order valence-electron chi connectivity index (χ1n) is 6.35. The summed E-state index contributed by atoms with van der Waals surface area (Å²) in [6, 6.07) is 0.492. The molecule has 2 nitrogen and oxygen atoms in total. The highest BCUT2D eigenvalue weighted by Gasteiger charge is 2.25. The maximum Gasteiger partial charge on any atom is 0.0732 e. The zero-order chi connectivity index (χ0) is 11.9. The van der Waals surface area contributed by atoms with Gasteiger partial charge in [-0.2, -0.15) is 0 Å². The van der Waals surface area contributed by atoms with E-state index in [2.05, 4.69) is 39.9 Å². The first kappa shape index (κ1) is 14.9. The van der Waals surface area contributed by atoms with E-state index in [-0.39, 0.29) is 5.60 Å². The Bertz CT molecular complexity index is 157. The largest absolute Gasteiger partial charge is 0.371 e. The van der Waals surface area contributed by atoms with E-state index in [0.717, 1.165) is 12.8 Å². The second-order valence-electron chi connectivity index (χ2n) is 4.86. The molecule has 2 heteroatoms. The van der Waals surface area contributed by atoms with E-state index >= 15 is 0 Å². The molecule has 0 aliphatic heterocycles. The average molecular weight is 215 g/mol. The Balaban J connectivity index is 4.32. The Morgan fingerprint density at radius 1 is 1.20 bits per heavy atom. The van der Waals surface area contributed by atoms with Gasteiger partial charge in [-0.3, -0.25) is 0 Å². The topological polar surface area (TPSA) is 21.3 Å². The molecule has 0 saturated carbocycles. The van der Waals surface area contributed by atoms with Gasteiger partial charge in [0.15, 0.2) is 0 Å². The van der Waals surface area contributed by atoms with Crippen molar-refractivity contribution < 1.29 is 4.74 Å². The molecule has 0 bridgehead atoms. The monoisotopic (exact) mass is 215 g/mol. The lowest BCUT2D eigenvalue weighted by atomic mass is 10.0. The van der Waals surface area contributed by atoms with Crippen molar-refractivity contribution in [2.45, 2.75) is 78.0 Å². The van der Waals surface area contributed by atoms with Gasteiger partial charge in [-0.05, 0) is 40.2 Å². The lowest BCUT2D eigenvalue weighted by molar-refractivity contribution is -0.0889. The predicted octanol–water partition coefficient (Wildman–Crippen LogP) is 3.36. The summed E-state index contributed by atoms with van der Waals surface area (Å²) < 4.78 is 6.18. The molecule has 0 aromatic rings. The molecule has 2 atom stereocenters. The number of hydrogen-bond acceptors (Lipinski definition) is 2. The van der Waals surface area contributed by atoms with Crippen LogP contribution in [0.25, 0.3) is 0 Å². The van der Waals surface area contributed by atoms with E-state index in [4.69, 9.17) is 4.74 Å². The van der Waals surface area contributed by atoms with Crippen LogP contribution in [-0.2, 0) is 4.74 Å². The maximum absolute atomic E-state index is 6.18. The average Bonchev–Trinajstić information content (AvgIpc) is 2.23. The molecule has 0 aliphatic carbocycles. The van der Waals surface area contributed by atoms with E-state index in [1.807, 2.05) is 7.05 Å². The molecule has 0 radical (unpaired) electrons. The lowest BCUT2D eigenvalue weighted by Crippen LogP contribution is -2.43. The van der Waals surface area contributed by atoms with Gasteiger partial charge in [0.1, 0.15) is 0 Å².